The Bertz CT molecular complexity index is 280. The van der Waals surface area contributed by atoms with E-state index in [1.54, 1.807) is 38.5 Å². The second-order valence-corrected chi connectivity index (χ2v) is 8.08. The normalized spacial score (nSPS) is 45.5. The van der Waals surface area contributed by atoms with Gasteiger partial charge in [0.15, 0.2) is 0 Å². The Morgan fingerprint density at radius 1 is 1.12 bits per heavy atom. The van der Waals surface area contributed by atoms with Crippen LogP contribution in [0.1, 0.15) is 72.1 Å². The molecule has 0 bridgehead atoms. The van der Waals surface area contributed by atoms with Gasteiger partial charge in [-0.25, -0.2) is 0 Å². The molecule has 3 aliphatic carbocycles. The first-order chi connectivity index (χ1) is 8.09. The van der Waals surface area contributed by atoms with E-state index in [0.717, 1.165) is 23.2 Å². The molecule has 3 fully saturated rings. The van der Waals surface area contributed by atoms with Crippen LogP contribution in [0.2, 0.25) is 0 Å². The van der Waals surface area contributed by atoms with Crippen molar-refractivity contribution in [3.05, 3.63) is 0 Å². The van der Waals surface area contributed by atoms with Gasteiger partial charge >= 0.3 is 0 Å². The first kappa shape index (κ1) is 12.1. The molecule has 98 valence electrons. The summed E-state index contributed by atoms with van der Waals surface area (Å²) < 4.78 is 0. The monoisotopic (exact) mass is 234 g/mol. The van der Waals surface area contributed by atoms with Crippen LogP contribution in [0.5, 0.6) is 0 Å². The SMILES string of the molecule is CC(C)C[C@H](C)CC1CCC2(CC[C@H]3C[C@H]32)C1. The summed E-state index contributed by atoms with van der Waals surface area (Å²) >= 11 is 0. The molecule has 0 heteroatoms. The maximum atomic E-state index is 2.49. The molecule has 3 aliphatic rings. The molecule has 0 aromatic rings. The highest BCUT2D eigenvalue weighted by molar-refractivity contribution is 5.09. The smallest absolute Gasteiger partial charge is 0.0264 e. The average Bonchev–Trinajstić information content (AvgIpc) is 2.83. The van der Waals surface area contributed by atoms with Crippen molar-refractivity contribution in [3.8, 4) is 0 Å². The van der Waals surface area contributed by atoms with E-state index in [1.807, 2.05) is 0 Å². The van der Waals surface area contributed by atoms with E-state index in [2.05, 4.69) is 20.8 Å². The van der Waals surface area contributed by atoms with E-state index < -0.39 is 0 Å². The molecule has 0 aromatic heterocycles. The molecule has 0 heterocycles. The van der Waals surface area contributed by atoms with Gasteiger partial charge < -0.3 is 0 Å². The maximum Gasteiger partial charge on any atom is -0.0264 e. The molecule has 0 aromatic carbocycles. The first-order valence-electron chi connectivity index (χ1n) is 8.09. The molecule has 3 rings (SSSR count). The minimum atomic E-state index is 0.868. The fraction of sp³-hybridized carbons (Fsp3) is 1.00. The van der Waals surface area contributed by atoms with Gasteiger partial charge in [0, 0.05) is 0 Å². The van der Waals surface area contributed by atoms with Gasteiger partial charge in [-0.05, 0) is 86.4 Å². The van der Waals surface area contributed by atoms with Gasteiger partial charge in [0.2, 0.25) is 0 Å². The minimum absolute atomic E-state index is 0.868. The van der Waals surface area contributed by atoms with Crippen molar-refractivity contribution in [2.45, 2.75) is 72.1 Å². The van der Waals surface area contributed by atoms with Crippen molar-refractivity contribution >= 4 is 0 Å². The molecule has 5 atom stereocenters. The highest BCUT2D eigenvalue weighted by atomic mass is 14.6. The maximum absolute atomic E-state index is 2.49. The molecule has 17 heavy (non-hydrogen) atoms. The molecular weight excluding hydrogens is 204 g/mol. The zero-order valence-electron chi connectivity index (χ0n) is 12.0. The molecule has 3 saturated carbocycles. The Morgan fingerprint density at radius 3 is 2.47 bits per heavy atom. The quantitative estimate of drug-likeness (QED) is 0.621. The highest BCUT2D eigenvalue weighted by Crippen LogP contribution is 2.69. The molecule has 0 saturated heterocycles. The van der Waals surface area contributed by atoms with Gasteiger partial charge in [-0.3, -0.25) is 0 Å². The van der Waals surface area contributed by atoms with Crippen LogP contribution < -0.4 is 0 Å². The number of hydrogen-bond acceptors (Lipinski definition) is 0. The van der Waals surface area contributed by atoms with E-state index >= 15 is 0 Å². The fourth-order valence-electron chi connectivity index (χ4n) is 5.48. The van der Waals surface area contributed by atoms with Crippen LogP contribution >= 0.6 is 0 Å². The Hall–Kier alpha value is 0. The second kappa shape index (κ2) is 4.28. The van der Waals surface area contributed by atoms with Crippen LogP contribution in [-0.4, -0.2) is 0 Å². The van der Waals surface area contributed by atoms with Crippen molar-refractivity contribution in [1.29, 1.82) is 0 Å². The summed E-state index contributed by atoms with van der Waals surface area (Å²) in [5, 5.41) is 0. The van der Waals surface area contributed by atoms with E-state index in [1.165, 1.54) is 24.7 Å². The predicted molar refractivity (Wildman–Crippen MR) is 73.8 cm³/mol. The average molecular weight is 234 g/mol. The third-order valence-electron chi connectivity index (χ3n) is 6.08. The molecule has 0 nitrogen and oxygen atoms in total. The third kappa shape index (κ3) is 2.29. The summed E-state index contributed by atoms with van der Waals surface area (Å²) in [7, 11) is 0. The summed E-state index contributed by atoms with van der Waals surface area (Å²) in [5.74, 6) is 5.31. The summed E-state index contributed by atoms with van der Waals surface area (Å²) in [6.07, 6.45) is 12.5. The summed E-state index contributed by atoms with van der Waals surface area (Å²) in [5.41, 5.74) is 0.868. The lowest BCUT2D eigenvalue weighted by atomic mass is 9.79. The van der Waals surface area contributed by atoms with E-state index in [0.29, 0.717) is 0 Å². The van der Waals surface area contributed by atoms with Gasteiger partial charge in [0.25, 0.3) is 0 Å². The topological polar surface area (TPSA) is 0 Å². The van der Waals surface area contributed by atoms with Crippen molar-refractivity contribution in [2.75, 3.05) is 0 Å². The van der Waals surface area contributed by atoms with Crippen LogP contribution in [0.3, 0.4) is 0 Å². The van der Waals surface area contributed by atoms with Crippen LogP contribution in [0.4, 0.5) is 0 Å². The van der Waals surface area contributed by atoms with E-state index in [9.17, 15) is 0 Å². The predicted octanol–water partition coefficient (Wildman–Crippen LogP) is 5.28. The lowest BCUT2D eigenvalue weighted by molar-refractivity contribution is 0.237. The minimum Gasteiger partial charge on any atom is -0.0628 e. The third-order valence-corrected chi connectivity index (χ3v) is 6.08. The fourth-order valence-corrected chi connectivity index (χ4v) is 5.48. The first-order valence-corrected chi connectivity index (χ1v) is 8.09. The molecule has 0 N–H and O–H groups in total. The summed E-state index contributed by atoms with van der Waals surface area (Å²) in [4.78, 5) is 0. The second-order valence-electron chi connectivity index (χ2n) is 8.08. The van der Waals surface area contributed by atoms with Crippen LogP contribution in [0, 0.1) is 35.0 Å². The van der Waals surface area contributed by atoms with Crippen molar-refractivity contribution < 1.29 is 0 Å². The van der Waals surface area contributed by atoms with Gasteiger partial charge in [-0.1, -0.05) is 20.8 Å². The molecule has 0 radical (unpaired) electrons. The van der Waals surface area contributed by atoms with Gasteiger partial charge in [-0.2, -0.15) is 0 Å². The van der Waals surface area contributed by atoms with Gasteiger partial charge in [0.1, 0.15) is 0 Å². The Labute approximate surface area is 108 Å². The van der Waals surface area contributed by atoms with Gasteiger partial charge in [0.05, 0.1) is 0 Å². The standard InChI is InChI=1S/C17H30/c1-12(2)8-13(3)9-14-4-6-17(11-14)7-5-15-10-16(15)17/h12-16H,4-11H2,1-3H3/t13-,14?,15-,16+,17?/m0/s1. The molecule has 1 spiro atoms. The summed E-state index contributed by atoms with van der Waals surface area (Å²) in [6, 6.07) is 0. The Kier molecular flexibility index (Phi) is 3.04. The van der Waals surface area contributed by atoms with Gasteiger partial charge in [-0.15, -0.1) is 0 Å². The van der Waals surface area contributed by atoms with Crippen LogP contribution in [-0.2, 0) is 0 Å². The van der Waals surface area contributed by atoms with Crippen molar-refractivity contribution in [2.24, 2.45) is 35.0 Å². The lowest BCUT2D eigenvalue weighted by Crippen LogP contribution is -2.17. The molecular formula is C17H30. The largest absolute Gasteiger partial charge is 0.0628 e. The van der Waals surface area contributed by atoms with E-state index in [4.69, 9.17) is 0 Å². The molecule has 0 aliphatic heterocycles. The zero-order chi connectivity index (χ0) is 12.0. The van der Waals surface area contributed by atoms with Crippen molar-refractivity contribution in [3.63, 3.8) is 0 Å². The number of hydrogen-bond donors (Lipinski definition) is 0. The highest BCUT2D eigenvalue weighted by Gasteiger charge is 2.59. The van der Waals surface area contributed by atoms with Crippen molar-refractivity contribution in [1.82, 2.24) is 0 Å². The summed E-state index contributed by atoms with van der Waals surface area (Å²) in [6.45, 7) is 7.23. The number of rotatable bonds is 4. The van der Waals surface area contributed by atoms with E-state index in [-0.39, 0.29) is 0 Å². The zero-order valence-corrected chi connectivity index (χ0v) is 12.0. The molecule has 0 amide bonds. The lowest BCUT2D eigenvalue weighted by Gasteiger charge is -2.26. The van der Waals surface area contributed by atoms with Crippen LogP contribution in [0.25, 0.3) is 0 Å². The Balaban J connectivity index is 1.50. The molecule has 2 unspecified atom stereocenters. The van der Waals surface area contributed by atoms with Crippen LogP contribution in [0.15, 0.2) is 0 Å². The Morgan fingerprint density at radius 2 is 1.88 bits per heavy atom. The number of fused-ring (bicyclic) bond motifs is 2.